The summed E-state index contributed by atoms with van der Waals surface area (Å²) in [5.41, 5.74) is 2.43. The average molecular weight is 556 g/mol. The van der Waals surface area contributed by atoms with Gasteiger partial charge in [0.25, 0.3) is 5.91 Å². The maximum Gasteiger partial charge on any atom is 0.271 e. The number of benzene rings is 3. The van der Waals surface area contributed by atoms with Gasteiger partial charge in [-0.25, -0.2) is 4.99 Å². The zero-order valence-electron chi connectivity index (χ0n) is 17.6. The van der Waals surface area contributed by atoms with Crippen molar-refractivity contribution in [3.8, 4) is 11.5 Å². The van der Waals surface area contributed by atoms with E-state index in [1.54, 1.807) is 12.0 Å². The average Bonchev–Trinajstić information content (AvgIpc) is 3.11. The van der Waals surface area contributed by atoms with Crippen molar-refractivity contribution < 1.29 is 14.3 Å². The van der Waals surface area contributed by atoms with E-state index in [1.165, 1.54) is 11.8 Å². The van der Waals surface area contributed by atoms with Gasteiger partial charge in [-0.2, -0.15) is 0 Å². The Bertz CT molecular complexity index is 1180. The summed E-state index contributed by atoms with van der Waals surface area (Å²) in [5, 5.41) is 0.617. The molecule has 0 bridgehead atoms. The maximum absolute atomic E-state index is 13.4. The number of amides is 1. The second-order valence-corrected chi connectivity index (χ2v) is 8.96. The van der Waals surface area contributed by atoms with Gasteiger partial charge < -0.3 is 9.47 Å². The van der Waals surface area contributed by atoms with Crippen molar-refractivity contribution in [3.63, 3.8) is 0 Å². The molecule has 0 unspecified atom stereocenters. The number of carbonyl (C=O) groups is 1. The summed E-state index contributed by atoms with van der Waals surface area (Å²) < 4.78 is 12.1. The van der Waals surface area contributed by atoms with Gasteiger partial charge in [-0.1, -0.05) is 36.4 Å². The van der Waals surface area contributed by atoms with E-state index in [1.807, 2.05) is 85.8 Å². The van der Waals surface area contributed by atoms with Crippen molar-refractivity contribution in [3.05, 3.63) is 86.8 Å². The largest absolute Gasteiger partial charge is 0.493 e. The van der Waals surface area contributed by atoms with Crippen LogP contribution in [0, 0.1) is 3.57 Å². The number of nitrogens with zero attached hydrogens (tertiary/aromatic N) is 2. The van der Waals surface area contributed by atoms with E-state index in [4.69, 9.17) is 14.5 Å². The van der Waals surface area contributed by atoms with Gasteiger partial charge in [0.2, 0.25) is 0 Å². The number of carbonyl (C=O) groups excluding carboxylic acids is 1. The Balaban J connectivity index is 1.76. The molecule has 0 N–H and O–H groups in total. The quantitative estimate of drug-likeness (QED) is 0.257. The van der Waals surface area contributed by atoms with Crippen LogP contribution in [0.25, 0.3) is 6.08 Å². The van der Waals surface area contributed by atoms with E-state index in [9.17, 15) is 4.79 Å². The van der Waals surface area contributed by atoms with Gasteiger partial charge in [0.05, 0.1) is 33.6 Å². The van der Waals surface area contributed by atoms with Gasteiger partial charge >= 0.3 is 0 Å². The summed E-state index contributed by atoms with van der Waals surface area (Å²) >= 11 is 3.58. The fourth-order valence-electron chi connectivity index (χ4n) is 3.23. The number of hydrogen-bond donors (Lipinski definition) is 0. The molecule has 1 heterocycles. The molecule has 1 saturated heterocycles. The van der Waals surface area contributed by atoms with Gasteiger partial charge in [-0.3, -0.25) is 9.69 Å². The standard InChI is InChI=1S/C25H21IN2O3S/c1-3-31-23-20(26)14-17(15-21(23)30-2)16-22-24(29)28(19-12-8-5-9-13-19)25(32-22)27-18-10-6-4-7-11-18/h4-16H,3H2,1-2H3/b22-16-,27-25?. The Morgan fingerprint density at radius 1 is 1.06 bits per heavy atom. The first kappa shape index (κ1) is 22.4. The van der Waals surface area contributed by atoms with E-state index >= 15 is 0 Å². The molecule has 1 amide bonds. The van der Waals surface area contributed by atoms with Crippen LogP contribution < -0.4 is 14.4 Å². The maximum atomic E-state index is 13.4. The summed E-state index contributed by atoms with van der Waals surface area (Å²) in [6.07, 6.45) is 1.87. The number of anilines is 1. The summed E-state index contributed by atoms with van der Waals surface area (Å²) in [5.74, 6) is 1.23. The lowest BCUT2D eigenvalue weighted by atomic mass is 10.1. The summed E-state index contributed by atoms with van der Waals surface area (Å²) in [6, 6.07) is 23.1. The summed E-state index contributed by atoms with van der Waals surface area (Å²) in [7, 11) is 1.61. The lowest BCUT2D eigenvalue weighted by Crippen LogP contribution is -2.28. The highest BCUT2D eigenvalue weighted by Gasteiger charge is 2.34. The summed E-state index contributed by atoms with van der Waals surface area (Å²) in [6.45, 7) is 2.48. The molecule has 0 atom stereocenters. The van der Waals surface area contributed by atoms with Crippen LogP contribution in [0.2, 0.25) is 0 Å². The Labute approximate surface area is 205 Å². The Morgan fingerprint density at radius 3 is 2.41 bits per heavy atom. The third-order valence-corrected chi connectivity index (χ3v) is 6.41. The zero-order valence-corrected chi connectivity index (χ0v) is 20.6. The minimum Gasteiger partial charge on any atom is -0.493 e. The molecule has 1 fully saturated rings. The molecular formula is C25H21IN2O3S. The van der Waals surface area contributed by atoms with Crippen LogP contribution in [0.3, 0.4) is 0 Å². The predicted molar refractivity (Wildman–Crippen MR) is 140 cm³/mol. The molecule has 1 aliphatic rings. The van der Waals surface area contributed by atoms with Crippen LogP contribution in [0.5, 0.6) is 11.5 Å². The second kappa shape index (κ2) is 10.2. The van der Waals surface area contributed by atoms with E-state index in [2.05, 4.69) is 22.6 Å². The number of halogens is 1. The summed E-state index contributed by atoms with van der Waals surface area (Å²) in [4.78, 5) is 20.4. The van der Waals surface area contributed by atoms with Crippen LogP contribution in [0.1, 0.15) is 12.5 Å². The van der Waals surface area contributed by atoms with Crippen LogP contribution in [0.4, 0.5) is 11.4 Å². The first-order valence-electron chi connectivity index (χ1n) is 10.0. The number of methoxy groups -OCH3 is 1. The van der Waals surface area contributed by atoms with Crippen molar-refractivity contribution in [1.82, 2.24) is 0 Å². The minimum atomic E-state index is -0.112. The number of para-hydroxylation sites is 2. The molecule has 1 aliphatic heterocycles. The van der Waals surface area contributed by atoms with E-state index in [0.29, 0.717) is 28.2 Å². The zero-order chi connectivity index (χ0) is 22.5. The van der Waals surface area contributed by atoms with Crippen molar-refractivity contribution in [2.45, 2.75) is 6.92 Å². The van der Waals surface area contributed by atoms with Crippen LogP contribution in [-0.4, -0.2) is 24.8 Å². The van der Waals surface area contributed by atoms with Crippen LogP contribution in [0.15, 0.2) is 82.7 Å². The fourth-order valence-corrected chi connectivity index (χ4v) is 5.01. The molecule has 3 aromatic rings. The van der Waals surface area contributed by atoms with Gasteiger partial charge in [0.15, 0.2) is 16.7 Å². The van der Waals surface area contributed by atoms with Gasteiger partial charge in [0, 0.05) is 0 Å². The molecule has 0 spiro atoms. The molecule has 0 saturated carbocycles. The number of hydrogen-bond acceptors (Lipinski definition) is 5. The monoisotopic (exact) mass is 556 g/mol. The lowest BCUT2D eigenvalue weighted by Gasteiger charge is -2.15. The van der Waals surface area contributed by atoms with E-state index in [-0.39, 0.29) is 5.91 Å². The predicted octanol–water partition coefficient (Wildman–Crippen LogP) is 6.51. The first-order valence-corrected chi connectivity index (χ1v) is 11.9. The first-order chi connectivity index (χ1) is 15.6. The highest BCUT2D eigenvalue weighted by atomic mass is 127. The topological polar surface area (TPSA) is 51.1 Å². The second-order valence-electron chi connectivity index (χ2n) is 6.78. The van der Waals surface area contributed by atoms with Crippen molar-refractivity contribution >= 4 is 62.9 Å². The Morgan fingerprint density at radius 2 is 1.75 bits per heavy atom. The SMILES string of the molecule is CCOc1c(I)cc(/C=C2\SC(=Nc3ccccc3)N(c3ccccc3)C2=O)cc1OC. The fraction of sp³-hybridized carbons (Fsp3) is 0.120. The number of aliphatic imine (C=N–C) groups is 1. The number of rotatable bonds is 6. The lowest BCUT2D eigenvalue weighted by molar-refractivity contribution is -0.113. The molecule has 162 valence electrons. The molecule has 7 heteroatoms. The molecule has 4 rings (SSSR count). The third kappa shape index (κ3) is 4.83. The molecule has 5 nitrogen and oxygen atoms in total. The normalized spacial score (nSPS) is 16.1. The van der Waals surface area contributed by atoms with Crippen molar-refractivity contribution in [2.24, 2.45) is 4.99 Å². The Hall–Kier alpha value is -2.78. The molecule has 0 radical (unpaired) electrons. The van der Waals surface area contributed by atoms with E-state index in [0.717, 1.165) is 20.5 Å². The number of amidine groups is 1. The third-order valence-electron chi connectivity index (χ3n) is 4.64. The Kier molecular flexibility index (Phi) is 7.16. The van der Waals surface area contributed by atoms with Crippen molar-refractivity contribution in [1.29, 1.82) is 0 Å². The minimum absolute atomic E-state index is 0.112. The molecule has 3 aromatic carbocycles. The smallest absolute Gasteiger partial charge is 0.271 e. The molecule has 0 aromatic heterocycles. The van der Waals surface area contributed by atoms with E-state index < -0.39 is 0 Å². The van der Waals surface area contributed by atoms with Gasteiger partial charge in [-0.05, 0) is 89.3 Å². The molecular weight excluding hydrogens is 535 g/mol. The van der Waals surface area contributed by atoms with Crippen LogP contribution in [-0.2, 0) is 4.79 Å². The number of thioether (sulfide) groups is 1. The van der Waals surface area contributed by atoms with Crippen molar-refractivity contribution in [2.75, 3.05) is 18.6 Å². The molecule has 0 aliphatic carbocycles. The highest BCUT2D eigenvalue weighted by molar-refractivity contribution is 14.1. The van der Waals surface area contributed by atoms with Gasteiger partial charge in [0.1, 0.15) is 0 Å². The van der Waals surface area contributed by atoms with Gasteiger partial charge in [-0.15, -0.1) is 0 Å². The van der Waals surface area contributed by atoms with Crippen LogP contribution >= 0.6 is 34.4 Å². The highest BCUT2D eigenvalue weighted by Crippen LogP contribution is 2.39. The molecule has 32 heavy (non-hydrogen) atoms. The number of ether oxygens (including phenoxy) is 2.